The molecule has 0 rings (SSSR count). The lowest BCUT2D eigenvalue weighted by Crippen LogP contribution is -2.30. The van der Waals surface area contributed by atoms with Gasteiger partial charge in [0.15, 0.2) is 6.10 Å². The van der Waals surface area contributed by atoms with Crippen LogP contribution < -0.4 is 0 Å². The summed E-state index contributed by atoms with van der Waals surface area (Å²) in [4.78, 5) is 37.9. The van der Waals surface area contributed by atoms with Crippen LogP contribution in [0.15, 0.2) is 0 Å². The van der Waals surface area contributed by atoms with E-state index in [-0.39, 0.29) is 31.1 Å². The van der Waals surface area contributed by atoms with Crippen LogP contribution in [0, 0.1) is 11.8 Å². The zero-order valence-electron chi connectivity index (χ0n) is 43.9. The minimum Gasteiger partial charge on any atom is -0.462 e. The number of unbranched alkanes of at least 4 members (excludes halogenated alkanes) is 36. The maximum atomic E-state index is 12.8. The first-order valence-corrected chi connectivity index (χ1v) is 28.8. The molecule has 64 heavy (non-hydrogen) atoms. The van der Waals surface area contributed by atoms with Gasteiger partial charge in [0, 0.05) is 19.3 Å². The molecule has 0 aromatic carbocycles. The summed E-state index contributed by atoms with van der Waals surface area (Å²) in [6.45, 7) is 11.4. The van der Waals surface area contributed by atoms with E-state index in [4.69, 9.17) is 14.2 Å². The molecule has 0 radical (unpaired) electrons. The van der Waals surface area contributed by atoms with Crippen LogP contribution in [0.5, 0.6) is 0 Å². The van der Waals surface area contributed by atoms with Crippen molar-refractivity contribution in [2.45, 2.75) is 330 Å². The molecule has 0 aromatic rings. The summed E-state index contributed by atoms with van der Waals surface area (Å²) in [5, 5.41) is 0. The molecule has 0 aliphatic rings. The topological polar surface area (TPSA) is 78.9 Å². The Kier molecular flexibility index (Phi) is 49.6. The summed E-state index contributed by atoms with van der Waals surface area (Å²) >= 11 is 0. The molecule has 0 heterocycles. The molecule has 380 valence electrons. The fourth-order valence-corrected chi connectivity index (χ4v) is 8.84. The van der Waals surface area contributed by atoms with E-state index < -0.39 is 6.10 Å². The second-order valence-corrected chi connectivity index (χ2v) is 20.6. The van der Waals surface area contributed by atoms with Gasteiger partial charge in [0.2, 0.25) is 0 Å². The van der Waals surface area contributed by atoms with E-state index in [0.717, 1.165) is 69.6 Å². The standard InChI is InChI=1S/C58H112O6/c1-6-8-9-10-31-38-43-48-56(59)62-51-55(64-58(61)50-45-40-35-30-26-22-18-17-19-23-27-32-36-41-46-53(3)4)52-63-57(60)49-44-39-34-29-25-21-16-14-12-11-13-15-20-24-28-33-37-42-47-54(5)7-2/h53-55H,6-52H2,1-5H3/t54?,55-/m0/s1. The Bertz CT molecular complexity index is 980. The number of carbonyl (C=O) groups is 3. The molecule has 2 atom stereocenters. The summed E-state index contributed by atoms with van der Waals surface area (Å²) in [6, 6.07) is 0. The van der Waals surface area contributed by atoms with E-state index >= 15 is 0 Å². The smallest absolute Gasteiger partial charge is 0.306 e. The largest absolute Gasteiger partial charge is 0.462 e. The summed E-state index contributed by atoms with van der Waals surface area (Å²) in [5.74, 6) is 0.906. The molecule has 1 unspecified atom stereocenters. The molecule has 0 aliphatic heterocycles. The van der Waals surface area contributed by atoms with Crippen LogP contribution in [0.25, 0.3) is 0 Å². The van der Waals surface area contributed by atoms with E-state index in [1.165, 1.54) is 212 Å². The Labute approximate surface area is 399 Å². The van der Waals surface area contributed by atoms with Crippen molar-refractivity contribution in [3.63, 3.8) is 0 Å². The highest BCUT2D eigenvalue weighted by Crippen LogP contribution is 2.19. The normalized spacial score (nSPS) is 12.5. The van der Waals surface area contributed by atoms with E-state index in [1.54, 1.807) is 0 Å². The number of ether oxygens (including phenoxy) is 3. The predicted molar refractivity (Wildman–Crippen MR) is 275 cm³/mol. The molecule has 6 heteroatoms. The Morgan fingerprint density at radius 2 is 0.594 bits per heavy atom. The average Bonchev–Trinajstić information content (AvgIpc) is 3.28. The van der Waals surface area contributed by atoms with Crippen LogP contribution in [-0.2, 0) is 28.6 Å². The Morgan fingerprint density at radius 3 is 0.891 bits per heavy atom. The zero-order valence-corrected chi connectivity index (χ0v) is 43.9. The zero-order chi connectivity index (χ0) is 46.8. The predicted octanol–water partition coefficient (Wildman–Crippen LogP) is 18.9. The number of esters is 3. The fourth-order valence-electron chi connectivity index (χ4n) is 8.84. The molecule has 0 amide bonds. The summed E-state index contributed by atoms with van der Waals surface area (Å²) < 4.78 is 16.8. The van der Waals surface area contributed by atoms with Crippen molar-refractivity contribution in [1.29, 1.82) is 0 Å². The molecule has 0 bridgehead atoms. The lowest BCUT2D eigenvalue weighted by atomic mass is 9.99. The lowest BCUT2D eigenvalue weighted by Gasteiger charge is -2.18. The third kappa shape index (κ3) is 49.8. The highest BCUT2D eigenvalue weighted by atomic mass is 16.6. The van der Waals surface area contributed by atoms with Gasteiger partial charge in [-0.15, -0.1) is 0 Å². The van der Waals surface area contributed by atoms with Crippen molar-refractivity contribution >= 4 is 17.9 Å². The second kappa shape index (κ2) is 50.8. The van der Waals surface area contributed by atoms with Gasteiger partial charge in [-0.25, -0.2) is 0 Å². The minimum absolute atomic E-state index is 0.0632. The summed E-state index contributed by atoms with van der Waals surface area (Å²) in [7, 11) is 0. The molecule has 0 saturated heterocycles. The van der Waals surface area contributed by atoms with Gasteiger partial charge in [-0.2, -0.15) is 0 Å². The maximum absolute atomic E-state index is 12.8. The third-order valence-electron chi connectivity index (χ3n) is 13.6. The molecule has 0 saturated carbocycles. The molecule has 0 fully saturated rings. The van der Waals surface area contributed by atoms with Crippen LogP contribution in [0.3, 0.4) is 0 Å². The first kappa shape index (κ1) is 62.4. The summed E-state index contributed by atoms with van der Waals surface area (Å²) in [6.07, 6.45) is 53.9. The van der Waals surface area contributed by atoms with E-state index in [9.17, 15) is 14.4 Å². The van der Waals surface area contributed by atoms with Crippen LogP contribution in [-0.4, -0.2) is 37.2 Å². The summed E-state index contributed by atoms with van der Waals surface area (Å²) in [5.41, 5.74) is 0. The minimum atomic E-state index is -0.761. The first-order chi connectivity index (χ1) is 31.3. The molecule has 0 aromatic heterocycles. The Balaban J connectivity index is 4.12. The van der Waals surface area contributed by atoms with Gasteiger partial charge in [0.05, 0.1) is 0 Å². The Hall–Kier alpha value is -1.59. The van der Waals surface area contributed by atoms with E-state index in [2.05, 4.69) is 34.6 Å². The molecule has 0 spiro atoms. The van der Waals surface area contributed by atoms with Crippen LogP contribution in [0.1, 0.15) is 324 Å². The number of rotatable bonds is 52. The molecular weight excluding hydrogens is 793 g/mol. The number of hydrogen-bond acceptors (Lipinski definition) is 6. The number of carbonyl (C=O) groups excluding carboxylic acids is 3. The SMILES string of the molecule is CCCCCCCCCC(=O)OC[C@@H](COC(=O)CCCCCCCCCCCCCCCCCCCCC(C)CC)OC(=O)CCCCCCCCCCCCCCCCC(C)C. The van der Waals surface area contributed by atoms with Gasteiger partial charge in [0.25, 0.3) is 0 Å². The molecule has 0 N–H and O–H groups in total. The van der Waals surface area contributed by atoms with Crippen molar-refractivity contribution in [2.24, 2.45) is 11.8 Å². The first-order valence-electron chi connectivity index (χ1n) is 28.8. The second-order valence-electron chi connectivity index (χ2n) is 20.6. The van der Waals surface area contributed by atoms with Gasteiger partial charge in [-0.1, -0.05) is 285 Å². The van der Waals surface area contributed by atoms with Gasteiger partial charge >= 0.3 is 17.9 Å². The van der Waals surface area contributed by atoms with Crippen LogP contribution in [0.4, 0.5) is 0 Å². The van der Waals surface area contributed by atoms with Crippen molar-refractivity contribution in [2.75, 3.05) is 13.2 Å². The van der Waals surface area contributed by atoms with E-state index in [0.29, 0.717) is 19.3 Å². The highest BCUT2D eigenvalue weighted by molar-refractivity contribution is 5.71. The average molecular weight is 906 g/mol. The highest BCUT2D eigenvalue weighted by Gasteiger charge is 2.19. The van der Waals surface area contributed by atoms with E-state index in [1.807, 2.05) is 0 Å². The quantitative estimate of drug-likeness (QED) is 0.0344. The van der Waals surface area contributed by atoms with Gasteiger partial charge in [-0.3, -0.25) is 14.4 Å². The van der Waals surface area contributed by atoms with Crippen molar-refractivity contribution < 1.29 is 28.6 Å². The molecule has 0 aliphatic carbocycles. The molecular formula is C58H112O6. The van der Waals surface area contributed by atoms with Crippen LogP contribution in [0.2, 0.25) is 0 Å². The van der Waals surface area contributed by atoms with Gasteiger partial charge < -0.3 is 14.2 Å². The van der Waals surface area contributed by atoms with Crippen LogP contribution >= 0.6 is 0 Å². The van der Waals surface area contributed by atoms with Crippen molar-refractivity contribution in [1.82, 2.24) is 0 Å². The number of hydrogen-bond donors (Lipinski definition) is 0. The monoisotopic (exact) mass is 905 g/mol. The van der Waals surface area contributed by atoms with Crippen molar-refractivity contribution in [3.05, 3.63) is 0 Å². The maximum Gasteiger partial charge on any atom is 0.306 e. The fraction of sp³-hybridized carbons (Fsp3) is 0.948. The van der Waals surface area contributed by atoms with Crippen molar-refractivity contribution in [3.8, 4) is 0 Å². The van der Waals surface area contributed by atoms with Gasteiger partial charge in [-0.05, 0) is 31.1 Å². The lowest BCUT2D eigenvalue weighted by molar-refractivity contribution is -0.167. The third-order valence-corrected chi connectivity index (χ3v) is 13.6. The Morgan fingerprint density at radius 1 is 0.328 bits per heavy atom. The molecule has 6 nitrogen and oxygen atoms in total. The van der Waals surface area contributed by atoms with Gasteiger partial charge in [0.1, 0.15) is 13.2 Å².